The first-order valence-corrected chi connectivity index (χ1v) is 6.27. The molecule has 0 saturated heterocycles. The monoisotopic (exact) mass is 257 g/mol. The normalized spacial score (nSPS) is 12.2. The van der Waals surface area contributed by atoms with Gasteiger partial charge in [0, 0.05) is 6.07 Å². The van der Waals surface area contributed by atoms with E-state index in [1.165, 1.54) is 16.7 Å². The van der Waals surface area contributed by atoms with Gasteiger partial charge < -0.3 is 10.1 Å². The second-order valence-electron chi connectivity index (χ2n) is 4.58. The lowest BCUT2D eigenvalue weighted by Gasteiger charge is -2.18. The van der Waals surface area contributed by atoms with Crippen LogP contribution in [0, 0.1) is 13.8 Å². The van der Waals surface area contributed by atoms with Gasteiger partial charge in [-0.1, -0.05) is 23.8 Å². The first-order chi connectivity index (χ1) is 9.15. The van der Waals surface area contributed by atoms with Gasteiger partial charge >= 0.3 is 0 Å². The van der Waals surface area contributed by atoms with Crippen molar-refractivity contribution >= 4 is 0 Å². The molecule has 1 atom stereocenters. The van der Waals surface area contributed by atoms with Crippen LogP contribution in [-0.4, -0.2) is 24.4 Å². The van der Waals surface area contributed by atoms with Gasteiger partial charge in [0.15, 0.2) is 0 Å². The summed E-state index contributed by atoms with van der Waals surface area (Å²) in [5.41, 5.74) is 4.61. The SMILES string of the molecule is CNC(c1ccc(OC)nn1)c1ccc(C)cc1C. The molecule has 0 radical (unpaired) electrons. The Balaban J connectivity index is 2.37. The van der Waals surface area contributed by atoms with Gasteiger partial charge in [-0.05, 0) is 38.1 Å². The predicted octanol–water partition coefficient (Wildman–Crippen LogP) is 2.41. The van der Waals surface area contributed by atoms with Crippen molar-refractivity contribution in [3.05, 3.63) is 52.7 Å². The molecule has 0 fully saturated rings. The highest BCUT2D eigenvalue weighted by atomic mass is 16.5. The van der Waals surface area contributed by atoms with E-state index < -0.39 is 0 Å². The van der Waals surface area contributed by atoms with Crippen LogP contribution in [-0.2, 0) is 0 Å². The van der Waals surface area contributed by atoms with E-state index in [1.54, 1.807) is 7.11 Å². The average molecular weight is 257 g/mol. The molecule has 0 saturated carbocycles. The smallest absolute Gasteiger partial charge is 0.233 e. The van der Waals surface area contributed by atoms with Crippen molar-refractivity contribution in [1.82, 2.24) is 15.5 Å². The highest BCUT2D eigenvalue weighted by molar-refractivity contribution is 5.37. The lowest BCUT2D eigenvalue weighted by molar-refractivity contribution is 0.390. The summed E-state index contributed by atoms with van der Waals surface area (Å²) in [4.78, 5) is 0. The van der Waals surface area contributed by atoms with Crippen molar-refractivity contribution in [2.45, 2.75) is 19.9 Å². The number of ether oxygens (including phenoxy) is 1. The van der Waals surface area contributed by atoms with Crippen molar-refractivity contribution in [2.75, 3.05) is 14.2 Å². The third kappa shape index (κ3) is 2.90. The van der Waals surface area contributed by atoms with Gasteiger partial charge in [0.1, 0.15) is 0 Å². The van der Waals surface area contributed by atoms with E-state index in [-0.39, 0.29) is 6.04 Å². The van der Waals surface area contributed by atoms with Crippen LogP contribution >= 0.6 is 0 Å². The quantitative estimate of drug-likeness (QED) is 0.913. The van der Waals surface area contributed by atoms with Crippen molar-refractivity contribution in [2.24, 2.45) is 0 Å². The molecule has 1 heterocycles. The van der Waals surface area contributed by atoms with Gasteiger partial charge in [-0.25, -0.2) is 0 Å². The minimum atomic E-state index is 0.0407. The first-order valence-electron chi connectivity index (χ1n) is 6.27. The number of rotatable bonds is 4. The first kappa shape index (κ1) is 13.5. The molecule has 2 rings (SSSR count). The third-order valence-corrected chi connectivity index (χ3v) is 3.19. The molecule has 100 valence electrons. The predicted molar refractivity (Wildman–Crippen MR) is 75.4 cm³/mol. The van der Waals surface area contributed by atoms with Crippen LogP contribution in [0.15, 0.2) is 30.3 Å². The molecule has 4 nitrogen and oxygen atoms in total. The summed E-state index contributed by atoms with van der Waals surface area (Å²) < 4.78 is 5.03. The van der Waals surface area contributed by atoms with Crippen LogP contribution in [0.1, 0.15) is 28.4 Å². The Morgan fingerprint density at radius 3 is 2.42 bits per heavy atom. The maximum Gasteiger partial charge on any atom is 0.233 e. The van der Waals surface area contributed by atoms with Gasteiger partial charge in [0.05, 0.1) is 18.8 Å². The standard InChI is InChI=1S/C15H19N3O/c1-10-5-6-12(11(2)9-10)15(16-3)13-7-8-14(19-4)18-17-13/h5-9,15-16H,1-4H3. The minimum absolute atomic E-state index is 0.0407. The van der Waals surface area contributed by atoms with Crippen LogP contribution in [0.5, 0.6) is 5.88 Å². The fourth-order valence-corrected chi connectivity index (χ4v) is 2.21. The average Bonchev–Trinajstić information content (AvgIpc) is 2.42. The fraction of sp³-hybridized carbons (Fsp3) is 0.333. The molecule has 1 N–H and O–H groups in total. The molecule has 0 bridgehead atoms. The third-order valence-electron chi connectivity index (χ3n) is 3.19. The van der Waals surface area contributed by atoms with Crippen LogP contribution < -0.4 is 10.1 Å². The number of nitrogens with one attached hydrogen (secondary N) is 1. The molecule has 1 aromatic carbocycles. The number of methoxy groups -OCH3 is 1. The second-order valence-corrected chi connectivity index (χ2v) is 4.58. The summed E-state index contributed by atoms with van der Waals surface area (Å²) in [7, 11) is 3.51. The van der Waals surface area contributed by atoms with E-state index in [0.717, 1.165) is 5.69 Å². The second kappa shape index (κ2) is 5.80. The number of hydrogen-bond donors (Lipinski definition) is 1. The summed E-state index contributed by atoms with van der Waals surface area (Å²) in [5, 5.41) is 11.5. The highest BCUT2D eigenvalue weighted by Crippen LogP contribution is 2.24. The summed E-state index contributed by atoms with van der Waals surface area (Å²) >= 11 is 0. The Hall–Kier alpha value is -1.94. The molecule has 0 aliphatic heterocycles. The summed E-state index contributed by atoms with van der Waals surface area (Å²) in [6.07, 6.45) is 0. The summed E-state index contributed by atoms with van der Waals surface area (Å²) in [5.74, 6) is 0.527. The Labute approximate surface area is 113 Å². The van der Waals surface area contributed by atoms with Gasteiger partial charge in [-0.15, -0.1) is 10.2 Å². The minimum Gasteiger partial charge on any atom is -0.480 e. The molecular weight excluding hydrogens is 238 g/mol. The van der Waals surface area contributed by atoms with Gasteiger partial charge in [-0.2, -0.15) is 0 Å². The molecule has 0 amide bonds. The van der Waals surface area contributed by atoms with Crippen molar-refractivity contribution < 1.29 is 4.74 Å². The van der Waals surface area contributed by atoms with E-state index in [0.29, 0.717) is 5.88 Å². The van der Waals surface area contributed by atoms with E-state index in [2.05, 4.69) is 47.6 Å². The topological polar surface area (TPSA) is 47.0 Å². The lowest BCUT2D eigenvalue weighted by Crippen LogP contribution is -2.20. The molecule has 1 aromatic heterocycles. The number of benzene rings is 1. The molecule has 0 spiro atoms. The van der Waals surface area contributed by atoms with Gasteiger partial charge in [-0.3, -0.25) is 0 Å². The van der Waals surface area contributed by atoms with Gasteiger partial charge in [0.2, 0.25) is 5.88 Å². The molecule has 2 aromatic rings. The maximum absolute atomic E-state index is 5.03. The molecule has 0 aliphatic rings. The Kier molecular flexibility index (Phi) is 4.12. The maximum atomic E-state index is 5.03. The number of hydrogen-bond acceptors (Lipinski definition) is 4. The molecule has 19 heavy (non-hydrogen) atoms. The Morgan fingerprint density at radius 2 is 1.89 bits per heavy atom. The summed E-state index contributed by atoms with van der Waals surface area (Å²) in [6, 6.07) is 10.2. The molecule has 0 aliphatic carbocycles. The molecular formula is C15H19N3O. The van der Waals surface area contributed by atoms with Crippen LogP contribution in [0.25, 0.3) is 0 Å². The van der Waals surface area contributed by atoms with Crippen LogP contribution in [0.3, 0.4) is 0 Å². The number of aromatic nitrogens is 2. The van der Waals surface area contributed by atoms with E-state index >= 15 is 0 Å². The Bertz CT molecular complexity index is 552. The van der Waals surface area contributed by atoms with Crippen LogP contribution in [0.4, 0.5) is 0 Å². The zero-order valence-corrected chi connectivity index (χ0v) is 11.8. The fourth-order valence-electron chi connectivity index (χ4n) is 2.21. The Morgan fingerprint density at radius 1 is 1.11 bits per heavy atom. The summed E-state index contributed by atoms with van der Waals surface area (Å²) in [6.45, 7) is 4.21. The number of aryl methyl sites for hydroxylation is 2. The van der Waals surface area contributed by atoms with Gasteiger partial charge in [0.25, 0.3) is 0 Å². The van der Waals surface area contributed by atoms with E-state index in [9.17, 15) is 0 Å². The van der Waals surface area contributed by atoms with E-state index in [1.807, 2.05) is 19.2 Å². The zero-order valence-electron chi connectivity index (χ0n) is 11.8. The molecule has 4 heteroatoms. The number of nitrogens with zero attached hydrogens (tertiary/aromatic N) is 2. The van der Waals surface area contributed by atoms with Crippen molar-refractivity contribution in [3.63, 3.8) is 0 Å². The zero-order chi connectivity index (χ0) is 13.8. The van der Waals surface area contributed by atoms with Crippen molar-refractivity contribution in [1.29, 1.82) is 0 Å². The van der Waals surface area contributed by atoms with E-state index in [4.69, 9.17) is 4.74 Å². The largest absolute Gasteiger partial charge is 0.480 e. The van der Waals surface area contributed by atoms with Crippen LogP contribution in [0.2, 0.25) is 0 Å². The highest BCUT2D eigenvalue weighted by Gasteiger charge is 2.16. The lowest BCUT2D eigenvalue weighted by atomic mass is 9.97. The molecule has 1 unspecified atom stereocenters. The van der Waals surface area contributed by atoms with Crippen molar-refractivity contribution in [3.8, 4) is 5.88 Å².